The molecule has 1 heterocycles. The molecule has 1 N–H and O–H groups in total. The Balaban J connectivity index is 1.68. The van der Waals surface area contributed by atoms with Crippen molar-refractivity contribution in [3.63, 3.8) is 0 Å². The second-order valence-corrected chi connectivity index (χ2v) is 11.7. The molecule has 0 saturated carbocycles. The summed E-state index contributed by atoms with van der Waals surface area (Å²) in [7, 11) is 0. The molecule has 41 heavy (non-hydrogen) atoms. The van der Waals surface area contributed by atoms with Crippen molar-refractivity contribution in [1.29, 1.82) is 0 Å². The van der Waals surface area contributed by atoms with Crippen molar-refractivity contribution < 1.29 is 36.3 Å². The number of carbonyl (C=O) groups is 2. The van der Waals surface area contributed by atoms with Gasteiger partial charge in [-0.1, -0.05) is 19.4 Å². The number of benzene rings is 2. The minimum atomic E-state index is -4.61. The fraction of sp³-hybridized carbons (Fsp3) is 0.533. The number of unbranched alkanes of at least 4 members (excludes halogenated alkanes) is 1. The van der Waals surface area contributed by atoms with Gasteiger partial charge in [-0.3, -0.25) is 4.79 Å². The summed E-state index contributed by atoms with van der Waals surface area (Å²) in [6.45, 7) is 6.40. The number of fused-ring (bicyclic) bond motifs is 3. The number of rotatable bonds is 7. The topological polar surface area (TPSA) is 61.9 Å². The second kappa shape index (κ2) is 11.9. The molecule has 11 heteroatoms. The number of piperidine rings is 1. The largest absolute Gasteiger partial charge is 0.444 e. The Kier molecular flexibility index (Phi) is 8.84. The highest BCUT2D eigenvalue weighted by Gasteiger charge is 2.42. The first-order chi connectivity index (χ1) is 19.2. The fourth-order valence-corrected chi connectivity index (χ4v) is 5.57. The van der Waals surface area contributed by atoms with Crippen LogP contribution in [-0.2, 0) is 9.53 Å². The van der Waals surface area contributed by atoms with Gasteiger partial charge in [0.25, 0.3) is 0 Å². The molecule has 0 spiro atoms. The molecule has 1 saturated heterocycles. The highest BCUT2D eigenvalue weighted by molar-refractivity contribution is 5.99. The Labute approximate surface area is 236 Å². The van der Waals surface area contributed by atoms with E-state index in [-0.39, 0.29) is 12.6 Å². The van der Waals surface area contributed by atoms with Crippen LogP contribution in [0.5, 0.6) is 0 Å². The lowest BCUT2D eigenvalue weighted by atomic mass is 9.92. The summed E-state index contributed by atoms with van der Waals surface area (Å²) in [5.41, 5.74) is 1.04. The van der Waals surface area contributed by atoms with Gasteiger partial charge in [-0.15, -0.1) is 0 Å². The molecule has 2 aromatic rings. The summed E-state index contributed by atoms with van der Waals surface area (Å²) in [6.07, 6.45) is -3.17. The van der Waals surface area contributed by atoms with Gasteiger partial charge >= 0.3 is 12.3 Å². The Morgan fingerprint density at radius 3 is 2.29 bits per heavy atom. The van der Waals surface area contributed by atoms with Crippen molar-refractivity contribution in [3.05, 3.63) is 53.1 Å². The number of alkyl halides is 3. The molecule has 0 aromatic heterocycles. The highest BCUT2D eigenvalue weighted by Crippen LogP contribution is 2.50. The van der Waals surface area contributed by atoms with Crippen LogP contribution in [0.25, 0.3) is 11.1 Å². The lowest BCUT2D eigenvalue weighted by Gasteiger charge is -2.36. The third kappa shape index (κ3) is 7.29. The SMILES string of the molecule is CCCCN(CC(F)(F)F)C(=O)C1c2ccc(F)cc2-c2cc(F)cc(N3CCC(NC(=O)OC(C)(C)C)CC3)c21. The number of alkyl carbamates (subject to hydrolysis) is 1. The summed E-state index contributed by atoms with van der Waals surface area (Å²) >= 11 is 0. The van der Waals surface area contributed by atoms with Crippen LogP contribution >= 0.6 is 0 Å². The summed E-state index contributed by atoms with van der Waals surface area (Å²) in [4.78, 5) is 28.8. The summed E-state index contributed by atoms with van der Waals surface area (Å²) < 4.78 is 75.3. The Hall–Kier alpha value is -3.37. The van der Waals surface area contributed by atoms with Crippen LogP contribution < -0.4 is 10.2 Å². The van der Waals surface area contributed by atoms with Crippen molar-refractivity contribution >= 4 is 17.7 Å². The maximum Gasteiger partial charge on any atom is 0.407 e. The van der Waals surface area contributed by atoms with Crippen LogP contribution in [0.3, 0.4) is 0 Å². The van der Waals surface area contributed by atoms with E-state index in [4.69, 9.17) is 4.74 Å². The van der Waals surface area contributed by atoms with Gasteiger partial charge in [0.15, 0.2) is 0 Å². The number of carbonyl (C=O) groups excluding carboxylic acids is 2. The van der Waals surface area contributed by atoms with Crippen LogP contribution in [0.15, 0.2) is 30.3 Å². The van der Waals surface area contributed by atoms with E-state index >= 15 is 4.39 Å². The highest BCUT2D eigenvalue weighted by atomic mass is 19.4. The minimum Gasteiger partial charge on any atom is -0.444 e. The van der Waals surface area contributed by atoms with Crippen molar-refractivity contribution in [2.24, 2.45) is 0 Å². The van der Waals surface area contributed by atoms with Crippen LogP contribution in [0.1, 0.15) is 70.4 Å². The van der Waals surface area contributed by atoms with Crippen molar-refractivity contribution in [3.8, 4) is 11.1 Å². The average molecular weight is 582 g/mol. The molecule has 1 aliphatic carbocycles. The average Bonchev–Trinajstić information content (AvgIpc) is 3.17. The van der Waals surface area contributed by atoms with Crippen LogP contribution in [-0.4, -0.2) is 60.9 Å². The monoisotopic (exact) mass is 581 g/mol. The summed E-state index contributed by atoms with van der Waals surface area (Å²) in [5.74, 6) is -3.10. The van der Waals surface area contributed by atoms with Crippen LogP contribution in [0.4, 0.5) is 32.4 Å². The lowest BCUT2D eigenvalue weighted by molar-refractivity contribution is -0.161. The Morgan fingerprint density at radius 2 is 1.68 bits per heavy atom. The lowest BCUT2D eigenvalue weighted by Crippen LogP contribution is -2.46. The maximum absolute atomic E-state index is 15.0. The maximum atomic E-state index is 15.0. The molecule has 1 fully saturated rings. The summed E-state index contributed by atoms with van der Waals surface area (Å²) in [6, 6.07) is 6.06. The van der Waals surface area contributed by atoms with E-state index in [0.717, 1.165) is 11.0 Å². The molecule has 224 valence electrons. The molecule has 0 bridgehead atoms. The van der Waals surface area contributed by atoms with E-state index in [1.165, 1.54) is 24.3 Å². The molecular weight excluding hydrogens is 545 g/mol. The fourth-order valence-electron chi connectivity index (χ4n) is 5.57. The molecule has 4 rings (SSSR count). The molecule has 2 aliphatic rings. The first kappa shape index (κ1) is 30.6. The van der Waals surface area contributed by atoms with E-state index in [9.17, 15) is 27.2 Å². The Morgan fingerprint density at radius 1 is 1.02 bits per heavy atom. The second-order valence-electron chi connectivity index (χ2n) is 11.7. The van der Waals surface area contributed by atoms with Gasteiger partial charge < -0.3 is 19.9 Å². The number of nitrogens with one attached hydrogen (secondary N) is 1. The number of hydrogen-bond acceptors (Lipinski definition) is 4. The van der Waals surface area contributed by atoms with Gasteiger partial charge in [-0.2, -0.15) is 13.2 Å². The number of nitrogens with zero attached hydrogens (tertiary/aromatic N) is 2. The quantitative estimate of drug-likeness (QED) is 0.367. The van der Waals surface area contributed by atoms with Gasteiger partial charge in [-0.25, -0.2) is 13.6 Å². The number of anilines is 1. The number of ether oxygens (including phenoxy) is 1. The number of amides is 2. The van der Waals surface area contributed by atoms with E-state index in [0.29, 0.717) is 66.7 Å². The zero-order valence-electron chi connectivity index (χ0n) is 23.7. The van der Waals surface area contributed by atoms with E-state index in [1.54, 1.807) is 20.8 Å². The minimum absolute atomic E-state index is 0.0878. The molecule has 2 amide bonds. The van der Waals surface area contributed by atoms with Crippen molar-refractivity contribution in [2.75, 3.05) is 31.1 Å². The summed E-state index contributed by atoms with van der Waals surface area (Å²) in [5, 5.41) is 2.84. The van der Waals surface area contributed by atoms with Gasteiger partial charge in [0, 0.05) is 36.9 Å². The third-order valence-electron chi connectivity index (χ3n) is 7.30. The molecule has 6 nitrogen and oxygen atoms in total. The van der Waals surface area contributed by atoms with Gasteiger partial charge in [0.2, 0.25) is 5.91 Å². The molecular formula is C30H36F5N3O3. The predicted octanol–water partition coefficient (Wildman–Crippen LogP) is 6.76. The van der Waals surface area contributed by atoms with Gasteiger partial charge in [0.1, 0.15) is 23.8 Å². The normalized spacial score (nSPS) is 17.2. The zero-order chi connectivity index (χ0) is 30.1. The first-order valence-electron chi connectivity index (χ1n) is 13.9. The molecule has 0 radical (unpaired) electrons. The van der Waals surface area contributed by atoms with Crippen LogP contribution in [0, 0.1) is 11.6 Å². The van der Waals surface area contributed by atoms with Crippen molar-refractivity contribution in [1.82, 2.24) is 10.2 Å². The Bertz CT molecular complexity index is 1280. The molecule has 1 unspecified atom stereocenters. The zero-order valence-corrected chi connectivity index (χ0v) is 23.7. The number of hydrogen-bond donors (Lipinski definition) is 1. The molecule has 2 aromatic carbocycles. The van der Waals surface area contributed by atoms with Crippen molar-refractivity contribution in [2.45, 2.75) is 77.1 Å². The smallest absolute Gasteiger partial charge is 0.407 e. The van der Waals surface area contributed by atoms with Crippen LogP contribution in [0.2, 0.25) is 0 Å². The standard InChI is InChI=1S/C30H36F5N3O3/c1-5-6-11-38(17-30(33,34)35)27(39)26-21-8-7-18(31)14-22(21)23-15-19(32)16-24(25(23)26)37-12-9-20(10-13-37)36-28(40)41-29(2,3)4/h7-8,14-16,20,26H,5-6,9-13,17H2,1-4H3,(H,36,40). The van der Waals surface area contributed by atoms with Gasteiger partial charge in [-0.05, 0) is 81.0 Å². The predicted molar refractivity (Wildman–Crippen MR) is 146 cm³/mol. The molecule has 1 aliphatic heterocycles. The number of halogens is 5. The molecule has 1 atom stereocenters. The van der Waals surface area contributed by atoms with E-state index in [1.807, 2.05) is 11.8 Å². The van der Waals surface area contributed by atoms with E-state index < -0.39 is 47.9 Å². The third-order valence-corrected chi connectivity index (χ3v) is 7.30. The van der Waals surface area contributed by atoms with E-state index in [2.05, 4.69) is 5.32 Å². The first-order valence-corrected chi connectivity index (χ1v) is 13.9. The van der Waals surface area contributed by atoms with Gasteiger partial charge in [0.05, 0.1) is 5.92 Å².